The molecule has 2 aromatic rings. The van der Waals surface area contributed by atoms with E-state index in [1.165, 1.54) is 17.7 Å². The number of nitriles is 1. The van der Waals surface area contributed by atoms with Gasteiger partial charge >= 0.3 is 0 Å². The summed E-state index contributed by atoms with van der Waals surface area (Å²) in [6.45, 7) is 6.30. The third kappa shape index (κ3) is 3.68. The summed E-state index contributed by atoms with van der Waals surface area (Å²) in [7, 11) is 0. The van der Waals surface area contributed by atoms with Gasteiger partial charge in [0.15, 0.2) is 0 Å². The summed E-state index contributed by atoms with van der Waals surface area (Å²) in [5, 5.41) is 8.92. The van der Waals surface area contributed by atoms with Crippen molar-refractivity contribution < 1.29 is 4.74 Å². The lowest BCUT2D eigenvalue weighted by atomic mass is 9.90. The van der Waals surface area contributed by atoms with Crippen LogP contribution < -0.4 is 9.64 Å². The van der Waals surface area contributed by atoms with E-state index in [2.05, 4.69) is 52.3 Å². The van der Waals surface area contributed by atoms with E-state index in [1.807, 2.05) is 12.1 Å². The predicted octanol–water partition coefficient (Wildman–Crippen LogP) is 3.64. The first-order valence-corrected chi connectivity index (χ1v) is 9.53. The summed E-state index contributed by atoms with van der Waals surface area (Å²) in [6.07, 6.45) is 2.33. The molecule has 1 atom stereocenters. The van der Waals surface area contributed by atoms with Crippen molar-refractivity contribution in [2.45, 2.75) is 18.8 Å². The first kappa shape index (κ1) is 16.9. The molecule has 0 amide bonds. The molecule has 0 spiro atoms. The van der Waals surface area contributed by atoms with Crippen LogP contribution in [0.25, 0.3) is 0 Å². The fourth-order valence-electron chi connectivity index (χ4n) is 4.03. The second-order valence-electron chi connectivity index (χ2n) is 7.15. The Morgan fingerprint density at radius 2 is 1.77 bits per heavy atom. The van der Waals surface area contributed by atoms with Gasteiger partial charge in [0.1, 0.15) is 5.75 Å². The fraction of sp³-hybridized carbons (Fsp3) is 0.409. The molecule has 2 aliphatic heterocycles. The number of rotatable bonds is 4. The van der Waals surface area contributed by atoms with Crippen LogP contribution in [0.4, 0.5) is 5.69 Å². The van der Waals surface area contributed by atoms with Gasteiger partial charge in [-0.2, -0.15) is 5.26 Å². The zero-order valence-electron chi connectivity index (χ0n) is 15.1. The van der Waals surface area contributed by atoms with Gasteiger partial charge in [0.25, 0.3) is 0 Å². The third-order valence-electron chi connectivity index (χ3n) is 5.61. The van der Waals surface area contributed by atoms with Gasteiger partial charge in [-0.15, -0.1) is 0 Å². The number of nitrogens with zero attached hydrogens (tertiary/aromatic N) is 3. The van der Waals surface area contributed by atoms with E-state index in [0.717, 1.165) is 57.1 Å². The topological polar surface area (TPSA) is 39.5 Å². The number of hydrogen-bond donors (Lipinski definition) is 0. The first-order valence-electron chi connectivity index (χ1n) is 9.53. The monoisotopic (exact) mass is 347 g/mol. The van der Waals surface area contributed by atoms with Crippen LogP contribution in [0, 0.1) is 11.3 Å². The Hall–Kier alpha value is -2.51. The minimum atomic E-state index is 0.622. The van der Waals surface area contributed by atoms with Crippen LogP contribution in [0.2, 0.25) is 0 Å². The maximum atomic E-state index is 8.92. The molecule has 2 aromatic carbocycles. The molecule has 134 valence electrons. The molecule has 4 heteroatoms. The minimum absolute atomic E-state index is 0.622. The average Bonchev–Trinajstić information content (AvgIpc) is 2.73. The van der Waals surface area contributed by atoms with Crippen LogP contribution in [0.5, 0.6) is 5.75 Å². The number of para-hydroxylation sites is 1. The van der Waals surface area contributed by atoms with Gasteiger partial charge < -0.3 is 9.64 Å². The van der Waals surface area contributed by atoms with Crippen LogP contribution >= 0.6 is 0 Å². The molecular formula is C22H25N3O. The summed E-state index contributed by atoms with van der Waals surface area (Å²) in [4.78, 5) is 5.00. The highest BCUT2D eigenvalue weighted by molar-refractivity contribution is 5.50. The van der Waals surface area contributed by atoms with E-state index in [0.29, 0.717) is 5.92 Å². The molecule has 1 unspecified atom stereocenters. The smallest absolute Gasteiger partial charge is 0.122 e. The normalized spacial score (nSPS) is 20.1. The van der Waals surface area contributed by atoms with Crippen molar-refractivity contribution in [3.8, 4) is 11.8 Å². The summed E-state index contributed by atoms with van der Waals surface area (Å²) in [5.74, 6) is 1.70. The Kier molecular flexibility index (Phi) is 5.08. The van der Waals surface area contributed by atoms with Gasteiger partial charge in [0.2, 0.25) is 0 Å². The zero-order chi connectivity index (χ0) is 17.8. The Bertz CT molecular complexity index is 773. The molecule has 0 N–H and O–H groups in total. The van der Waals surface area contributed by atoms with Crippen LogP contribution in [0.3, 0.4) is 0 Å². The molecule has 0 radical (unpaired) electrons. The first-order chi connectivity index (χ1) is 12.8. The standard InChI is InChI=1S/C22H25N3O/c23-17-18-5-7-20(8-6-18)25-14-12-24(13-15-25)11-9-19-10-16-26-22-4-2-1-3-21(19)22/h1-8,19H,9-16H2. The maximum Gasteiger partial charge on any atom is 0.122 e. The van der Waals surface area contributed by atoms with E-state index >= 15 is 0 Å². The SMILES string of the molecule is N#Cc1ccc(N2CCN(CCC3CCOc4ccccc43)CC2)cc1. The second kappa shape index (κ2) is 7.80. The van der Waals surface area contributed by atoms with Crippen molar-refractivity contribution in [3.05, 3.63) is 59.7 Å². The number of ether oxygens (including phenoxy) is 1. The minimum Gasteiger partial charge on any atom is -0.493 e. The molecule has 26 heavy (non-hydrogen) atoms. The number of hydrogen-bond acceptors (Lipinski definition) is 4. The molecule has 1 fully saturated rings. The second-order valence-corrected chi connectivity index (χ2v) is 7.15. The molecule has 4 rings (SSSR count). The van der Waals surface area contributed by atoms with Crippen molar-refractivity contribution in [3.63, 3.8) is 0 Å². The zero-order valence-corrected chi connectivity index (χ0v) is 15.1. The van der Waals surface area contributed by atoms with Crippen LogP contribution in [-0.4, -0.2) is 44.2 Å². The number of piperazine rings is 1. The van der Waals surface area contributed by atoms with Gasteiger partial charge in [0, 0.05) is 31.9 Å². The predicted molar refractivity (Wildman–Crippen MR) is 104 cm³/mol. The van der Waals surface area contributed by atoms with Gasteiger partial charge in [-0.1, -0.05) is 18.2 Å². The molecule has 0 bridgehead atoms. The summed E-state index contributed by atoms with van der Waals surface area (Å²) in [5.41, 5.74) is 3.33. The van der Waals surface area contributed by atoms with Crippen LogP contribution in [-0.2, 0) is 0 Å². The molecule has 4 nitrogen and oxygen atoms in total. The van der Waals surface area contributed by atoms with Gasteiger partial charge in [0.05, 0.1) is 18.2 Å². The molecular weight excluding hydrogens is 322 g/mol. The number of benzene rings is 2. The highest BCUT2D eigenvalue weighted by Crippen LogP contribution is 2.35. The summed E-state index contributed by atoms with van der Waals surface area (Å²) < 4.78 is 5.78. The van der Waals surface area contributed by atoms with Crippen molar-refractivity contribution in [2.24, 2.45) is 0 Å². The largest absolute Gasteiger partial charge is 0.493 e. The lowest BCUT2D eigenvalue weighted by Gasteiger charge is -2.37. The Labute approximate surface area is 155 Å². The van der Waals surface area contributed by atoms with Crippen molar-refractivity contribution in [1.29, 1.82) is 5.26 Å². The Morgan fingerprint density at radius 1 is 1.00 bits per heavy atom. The average molecular weight is 347 g/mol. The highest BCUT2D eigenvalue weighted by Gasteiger charge is 2.23. The Balaban J connectivity index is 1.29. The molecule has 0 aromatic heterocycles. The van der Waals surface area contributed by atoms with Crippen molar-refractivity contribution in [1.82, 2.24) is 4.90 Å². The van der Waals surface area contributed by atoms with Crippen LogP contribution in [0.1, 0.15) is 29.9 Å². The molecule has 1 saturated heterocycles. The van der Waals surface area contributed by atoms with E-state index in [1.54, 1.807) is 0 Å². The lowest BCUT2D eigenvalue weighted by Crippen LogP contribution is -2.46. The molecule has 0 aliphatic carbocycles. The molecule has 0 saturated carbocycles. The van der Waals surface area contributed by atoms with E-state index in [-0.39, 0.29) is 0 Å². The molecule has 2 aliphatic rings. The molecule has 2 heterocycles. The number of anilines is 1. The van der Waals surface area contributed by atoms with Gasteiger partial charge in [-0.3, -0.25) is 4.90 Å². The lowest BCUT2D eigenvalue weighted by molar-refractivity contribution is 0.223. The Morgan fingerprint density at radius 3 is 2.54 bits per heavy atom. The van der Waals surface area contributed by atoms with Crippen LogP contribution in [0.15, 0.2) is 48.5 Å². The highest BCUT2D eigenvalue weighted by atomic mass is 16.5. The maximum absolute atomic E-state index is 8.92. The van der Waals surface area contributed by atoms with Crippen molar-refractivity contribution >= 4 is 5.69 Å². The summed E-state index contributed by atoms with van der Waals surface area (Å²) in [6, 6.07) is 18.6. The van der Waals surface area contributed by atoms with Crippen molar-refractivity contribution in [2.75, 3.05) is 44.2 Å². The summed E-state index contributed by atoms with van der Waals surface area (Å²) >= 11 is 0. The van der Waals surface area contributed by atoms with E-state index in [9.17, 15) is 0 Å². The van der Waals surface area contributed by atoms with E-state index < -0.39 is 0 Å². The number of fused-ring (bicyclic) bond motifs is 1. The van der Waals surface area contributed by atoms with E-state index in [4.69, 9.17) is 10.00 Å². The third-order valence-corrected chi connectivity index (χ3v) is 5.61. The van der Waals surface area contributed by atoms with Gasteiger partial charge in [-0.05, 0) is 61.2 Å². The quantitative estimate of drug-likeness (QED) is 0.847. The fourth-order valence-corrected chi connectivity index (χ4v) is 4.03. The van der Waals surface area contributed by atoms with Gasteiger partial charge in [-0.25, -0.2) is 0 Å².